The molecule has 0 bridgehead atoms. The second kappa shape index (κ2) is 9.14. The maximum Gasteiger partial charge on any atom is 0.435 e. The third-order valence-electron chi connectivity index (χ3n) is 4.57. The first-order valence-corrected chi connectivity index (χ1v) is 10.4. The minimum absolute atomic E-state index is 0.0132. The molecule has 0 saturated carbocycles. The fourth-order valence-electron chi connectivity index (χ4n) is 2.92. The summed E-state index contributed by atoms with van der Waals surface area (Å²) < 4.78 is 5.98. The van der Waals surface area contributed by atoms with Crippen molar-refractivity contribution < 1.29 is 14.0 Å². The molecular formula is C20H17ClN7O3S+. The van der Waals surface area contributed by atoms with Crippen molar-refractivity contribution in [2.75, 3.05) is 11.1 Å². The summed E-state index contributed by atoms with van der Waals surface area (Å²) in [5.74, 6) is -0.537. The van der Waals surface area contributed by atoms with E-state index in [-0.39, 0.29) is 39.1 Å². The van der Waals surface area contributed by atoms with Crippen molar-refractivity contribution in [3.05, 3.63) is 50.3 Å². The predicted octanol–water partition coefficient (Wildman–Crippen LogP) is 2.26. The number of carbonyl (C=O) groups is 1. The van der Waals surface area contributed by atoms with Crippen LogP contribution in [0, 0.1) is 29.6 Å². The van der Waals surface area contributed by atoms with Gasteiger partial charge in [0.15, 0.2) is 7.05 Å². The van der Waals surface area contributed by atoms with E-state index >= 15 is 0 Å². The largest absolute Gasteiger partial charge is 0.435 e. The van der Waals surface area contributed by atoms with E-state index in [9.17, 15) is 20.1 Å². The van der Waals surface area contributed by atoms with Crippen LogP contribution in [0.15, 0.2) is 32.5 Å². The molecule has 12 heteroatoms. The number of halogens is 1. The zero-order chi connectivity index (χ0) is 23.6. The van der Waals surface area contributed by atoms with E-state index in [1.54, 1.807) is 25.1 Å². The molecule has 162 valence electrons. The van der Waals surface area contributed by atoms with E-state index in [1.165, 1.54) is 11.7 Å². The lowest BCUT2D eigenvalue weighted by atomic mass is 10.0. The Bertz CT molecular complexity index is 1370. The number of nitrogens with two attached hydrogens (primary N) is 1. The second-order valence-corrected chi connectivity index (χ2v) is 8.51. The van der Waals surface area contributed by atoms with Crippen molar-refractivity contribution in [2.45, 2.75) is 24.1 Å². The summed E-state index contributed by atoms with van der Waals surface area (Å²) in [6, 6.07) is 8.98. The average molecular weight is 471 g/mol. The normalized spacial score (nSPS) is 11.4. The highest BCUT2D eigenvalue weighted by atomic mass is 35.5. The summed E-state index contributed by atoms with van der Waals surface area (Å²) in [6.07, 6.45) is 0. The highest BCUT2D eigenvalue weighted by molar-refractivity contribution is 8.00. The van der Waals surface area contributed by atoms with Crippen molar-refractivity contribution in [2.24, 2.45) is 7.05 Å². The molecule has 1 atom stereocenters. The van der Waals surface area contributed by atoms with Crippen LogP contribution in [0.5, 0.6) is 0 Å². The molecule has 0 spiro atoms. The van der Waals surface area contributed by atoms with Gasteiger partial charge in [-0.25, -0.2) is 9.78 Å². The van der Waals surface area contributed by atoms with Gasteiger partial charge in [-0.15, -0.1) is 0 Å². The van der Waals surface area contributed by atoms with Crippen LogP contribution in [0.3, 0.4) is 0 Å². The van der Waals surface area contributed by atoms with Gasteiger partial charge in [0.2, 0.25) is 5.91 Å². The number of pyridine rings is 1. The number of aryl methyl sites for hydroxylation is 2. The highest BCUT2D eigenvalue weighted by Gasteiger charge is 2.32. The first kappa shape index (κ1) is 22.9. The predicted molar refractivity (Wildman–Crippen MR) is 118 cm³/mol. The van der Waals surface area contributed by atoms with Gasteiger partial charge in [0.1, 0.15) is 34.1 Å². The molecular weight excluding hydrogens is 454 g/mol. The van der Waals surface area contributed by atoms with Gasteiger partial charge in [0.05, 0.1) is 10.8 Å². The average Bonchev–Trinajstić information content (AvgIpc) is 3.07. The first-order valence-electron chi connectivity index (χ1n) is 9.13. The fraction of sp³-hybridized carbons (Fsp3) is 0.200. The van der Waals surface area contributed by atoms with E-state index in [0.29, 0.717) is 10.7 Å². The Morgan fingerprint density at radius 3 is 2.66 bits per heavy atom. The van der Waals surface area contributed by atoms with Crippen LogP contribution in [-0.4, -0.2) is 21.4 Å². The van der Waals surface area contributed by atoms with E-state index in [1.807, 2.05) is 19.1 Å². The third-order valence-corrected chi connectivity index (χ3v) is 5.89. The summed E-state index contributed by atoms with van der Waals surface area (Å²) >= 11 is 6.97. The number of nitrogen functional groups attached to an aromatic ring is 1. The lowest BCUT2D eigenvalue weighted by Gasteiger charge is -2.15. The Morgan fingerprint density at radius 2 is 2.06 bits per heavy atom. The van der Waals surface area contributed by atoms with E-state index in [0.717, 1.165) is 17.3 Å². The first-order chi connectivity index (χ1) is 15.2. The number of rotatable bonds is 5. The van der Waals surface area contributed by atoms with Gasteiger partial charge in [0, 0.05) is 10.7 Å². The smallest absolute Gasteiger partial charge is 0.383 e. The van der Waals surface area contributed by atoms with Crippen LogP contribution in [0.1, 0.15) is 23.6 Å². The quantitative estimate of drug-likeness (QED) is 0.377. The number of hydrogen-bond acceptors (Lipinski definition) is 8. The molecule has 3 rings (SSSR count). The highest BCUT2D eigenvalue weighted by Crippen LogP contribution is 2.35. The lowest BCUT2D eigenvalue weighted by molar-refractivity contribution is -0.730. The monoisotopic (exact) mass is 470 g/mol. The molecule has 1 unspecified atom stereocenters. The molecule has 1 aromatic carbocycles. The van der Waals surface area contributed by atoms with E-state index in [2.05, 4.69) is 15.6 Å². The number of nitriles is 2. The molecule has 4 N–H and O–H groups in total. The summed E-state index contributed by atoms with van der Waals surface area (Å²) in [5, 5.41) is 24.4. The van der Waals surface area contributed by atoms with Crippen molar-refractivity contribution in [3.63, 3.8) is 0 Å². The van der Waals surface area contributed by atoms with Gasteiger partial charge in [-0.3, -0.25) is 9.32 Å². The zero-order valence-corrected chi connectivity index (χ0v) is 18.8. The van der Waals surface area contributed by atoms with Crippen LogP contribution in [0.2, 0.25) is 5.02 Å². The zero-order valence-electron chi connectivity index (χ0n) is 17.2. The minimum atomic E-state index is -0.788. The van der Waals surface area contributed by atoms with Gasteiger partial charge in [-0.2, -0.15) is 10.5 Å². The maximum absolute atomic E-state index is 12.8. The SMILES string of the molecule is Cc1ccc(Cl)cc1NC(=O)C(C)Sc1nc(N)c(C#N)c(-c2c(=O)o[nH][n+]2C)c1C#N. The number of amides is 1. The Hall–Kier alpha value is -3.80. The lowest BCUT2D eigenvalue weighted by Crippen LogP contribution is -2.34. The summed E-state index contributed by atoms with van der Waals surface area (Å²) in [4.78, 5) is 29.1. The number of benzene rings is 1. The molecule has 0 aliphatic carbocycles. The Kier molecular flexibility index (Phi) is 6.53. The van der Waals surface area contributed by atoms with Crippen LogP contribution < -0.4 is 21.4 Å². The third kappa shape index (κ3) is 4.30. The molecule has 32 heavy (non-hydrogen) atoms. The molecule has 0 aliphatic rings. The standard InChI is InChI=1S/C20H16ClN7O3S/c1-9-4-5-11(21)6-14(9)25-18(29)10(2)32-19-13(8-23)15(12(7-22)17(24)26-19)16-20(30)31-27-28(16)3/h4-6,10H,1-3H3,(H3-,24,25,26,27,29,30)/p+1. The molecule has 0 fully saturated rings. The number of H-pyrrole nitrogens is 1. The molecule has 1 amide bonds. The molecule has 0 saturated heterocycles. The van der Waals surface area contributed by atoms with Crippen LogP contribution in [0.25, 0.3) is 11.3 Å². The Morgan fingerprint density at radius 1 is 1.38 bits per heavy atom. The van der Waals surface area contributed by atoms with Crippen molar-refractivity contribution in [1.29, 1.82) is 10.5 Å². The topological polar surface area (TPSA) is 165 Å². The van der Waals surface area contributed by atoms with Crippen molar-refractivity contribution in [1.82, 2.24) is 10.3 Å². The van der Waals surface area contributed by atoms with Gasteiger partial charge >= 0.3 is 11.3 Å². The molecule has 10 nitrogen and oxygen atoms in total. The summed E-state index contributed by atoms with van der Waals surface area (Å²) in [5.41, 5.74) is 6.26. The van der Waals surface area contributed by atoms with Crippen LogP contribution in [0.4, 0.5) is 11.5 Å². The molecule has 0 radical (unpaired) electrons. The summed E-state index contributed by atoms with van der Waals surface area (Å²) in [7, 11) is 1.48. The molecule has 2 aromatic heterocycles. The number of nitrogens with one attached hydrogen (secondary N) is 2. The number of thioether (sulfide) groups is 1. The van der Waals surface area contributed by atoms with Crippen LogP contribution in [-0.2, 0) is 11.8 Å². The summed E-state index contributed by atoms with van der Waals surface area (Å²) in [6.45, 7) is 3.45. The molecule has 2 heterocycles. The second-order valence-electron chi connectivity index (χ2n) is 6.75. The number of carbonyl (C=O) groups excluding carboxylic acids is 1. The number of hydrogen-bond donors (Lipinski definition) is 3. The Balaban J connectivity index is 2.03. The van der Waals surface area contributed by atoms with Gasteiger partial charge in [0.25, 0.3) is 0 Å². The van der Waals surface area contributed by atoms with E-state index < -0.39 is 10.9 Å². The number of aromatic amines is 1. The van der Waals surface area contributed by atoms with Crippen molar-refractivity contribution in [3.8, 4) is 23.4 Å². The Labute approximate surface area is 191 Å². The fourth-order valence-corrected chi connectivity index (χ4v) is 4.00. The maximum atomic E-state index is 12.8. The number of anilines is 2. The molecule has 3 aromatic rings. The van der Waals surface area contributed by atoms with Crippen molar-refractivity contribution >= 4 is 40.8 Å². The minimum Gasteiger partial charge on any atom is -0.383 e. The van der Waals surface area contributed by atoms with E-state index in [4.69, 9.17) is 21.9 Å². The van der Waals surface area contributed by atoms with Crippen LogP contribution >= 0.6 is 23.4 Å². The van der Waals surface area contributed by atoms with Gasteiger partial charge in [-0.05, 0) is 36.8 Å². The number of nitrogens with zero attached hydrogens (tertiary/aromatic N) is 4. The van der Waals surface area contributed by atoms with Gasteiger partial charge in [-0.1, -0.05) is 34.1 Å². The molecule has 0 aliphatic heterocycles. The number of aromatic nitrogens is 3. The van der Waals surface area contributed by atoms with Gasteiger partial charge < -0.3 is 11.1 Å².